The minimum Gasteiger partial charge on any atom is -0.488 e. The maximum Gasteiger partial charge on any atom is 0.311 e. The maximum absolute atomic E-state index is 13.7. The number of ether oxygens (including phenoxy) is 2. The lowest BCUT2D eigenvalue weighted by molar-refractivity contribution is -0.139. The Bertz CT molecular complexity index is 1090. The highest BCUT2D eigenvalue weighted by Crippen LogP contribution is 2.61. The van der Waals surface area contributed by atoms with E-state index in [1.165, 1.54) is 6.07 Å². The fourth-order valence-electron chi connectivity index (χ4n) is 4.80. The number of carboxylic acid groups (broad SMARTS) is 1. The molecule has 1 heterocycles. The molecular formula is C26H31ClFNO5. The summed E-state index contributed by atoms with van der Waals surface area (Å²) < 4.78 is 25.6. The maximum atomic E-state index is 13.7. The summed E-state index contributed by atoms with van der Waals surface area (Å²) in [5.74, 6) is -1.17. The molecule has 0 spiro atoms. The zero-order chi connectivity index (χ0) is 24.8. The molecule has 1 aliphatic carbocycles. The third kappa shape index (κ3) is 5.08. The van der Waals surface area contributed by atoms with E-state index in [2.05, 4.69) is 5.32 Å². The summed E-state index contributed by atoms with van der Waals surface area (Å²) in [6.07, 6.45) is -0.815. The molecule has 0 amide bonds. The van der Waals surface area contributed by atoms with Crippen molar-refractivity contribution >= 4 is 17.6 Å². The van der Waals surface area contributed by atoms with Gasteiger partial charge in [0.1, 0.15) is 23.6 Å². The van der Waals surface area contributed by atoms with Gasteiger partial charge < -0.3 is 25.0 Å². The van der Waals surface area contributed by atoms with Gasteiger partial charge in [-0.1, -0.05) is 29.8 Å². The number of hydrogen-bond donors (Lipinski definition) is 3. The molecule has 2 aromatic rings. The molecule has 1 aliphatic heterocycles. The molecule has 0 aromatic heterocycles. The zero-order valence-electron chi connectivity index (χ0n) is 19.8. The van der Waals surface area contributed by atoms with Gasteiger partial charge in [-0.3, -0.25) is 4.79 Å². The van der Waals surface area contributed by atoms with Crippen molar-refractivity contribution in [1.82, 2.24) is 5.32 Å². The van der Waals surface area contributed by atoms with Crippen LogP contribution in [-0.2, 0) is 16.0 Å². The lowest BCUT2D eigenvalue weighted by Crippen LogP contribution is -2.46. The van der Waals surface area contributed by atoms with Crippen LogP contribution in [0.3, 0.4) is 0 Å². The molecule has 0 bridgehead atoms. The van der Waals surface area contributed by atoms with Crippen LogP contribution >= 0.6 is 11.6 Å². The number of β-amino-alcohol motifs (C(OH)–C–C–N with tert-alkyl or cyclic N) is 1. The van der Waals surface area contributed by atoms with Crippen molar-refractivity contribution in [1.29, 1.82) is 0 Å². The molecule has 8 heteroatoms. The van der Waals surface area contributed by atoms with Crippen molar-refractivity contribution in [3.63, 3.8) is 0 Å². The number of carboxylic acids is 1. The molecule has 5 atom stereocenters. The Balaban J connectivity index is 1.32. The number of fused-ring (bicyclic) bond motifs is 3. The first-order chi connectivity index (χ1) is 16.0. The van der Waals surface area contributed by atoms with Gasteiger partial charge in [0.2, 0.25) is 0 Å². The molecule has 2 aromatic carbocycles. The van der Waals surface area contributed by atoms with Crippen LogP contribution in [0.15, 0.2) is 30.3 Å². The van der Waals surface area contributed by atoms with Gasteiger partial charge in [-0.15, -0.1) is 0 Å². The van der Waals surface area contributed by atoms with E-state index >= 15 is 0 Å². The number of carbonyl (C=O) groups is 1. The highest BCUT2D eigenvalue weighted by atomic mass is 35.5. The van der Waals surface area contributed by atoms with E-state index in [4.69, 9.17) is 21.1 Å². The van der Waals surface area contributed by atoms with Crippen LogP contribution in [0.4, 0.5) is 4.39 Å². The van der Waals surface area contributed by atoms with E-state index in [-0.39, 0.29) is 35.3 Å². The number of aliphatic carboxylic acids is 1. The topological polar surface area (TPSA) is 88.0 Å². The molecule has 184 valence electrons. The summed E-state index contributed by atoms with van der Waals surface area (Å²) in [7, 11) is 0. The molecule has 0 saturated heterocycles. The molecule has 1 saturated carbocycles. The monoisotopic (exact) mass is 491 g/mol. The van der Waals surface area contributed by atoms with Crippen molar-refractivity contribution in [3.8, 4) is 5.75 Å². The lowest BCUT2D eigenvalue weighted by atomic mass is 9.94. The number of aliphatic hydroxyl groups excluding tert-OH is 1. The Morgan fingerprint density at radius 1 is 1.32 bits per heavy atom. The van der Waals surface area contributed by atoms with Gasteiger partial charge in [0.05, 0.1) is 23.8 Å². The van der Waals surface area contributed by atoms with E-state index in [0.717, 1.165) is 28.0 Å². The van der Waals surface area contributed by atoms with Crippen molar-refractivity contribution in [3.05, 3.63) is 63.4 Å². The summed E-state index contributed by atoms with van der Waals surface area (Å²) in [5, 5.41) is 23.3. The first-order valence-corrected chi connectivity index (χ1v) is 11.9. The van der Waals surface area contributed by atoms with Crippen LogP contribution in [0.1, 0.15) is 55.0 Å². The van der Waals surface area contributed by atoms with Crippen molar-refractivity contribution in [2.45, 2.75) is 63.9 Å². The Hall–Kier alpha value is -2.19. The molecule has 2 aliphatic rings. The predicted molar refractivity (Wildman–Crippen MR) is 127 cm³/mol. The summed E-state index contributed by atoms with van der Waals surface area (Å²) in [6, 6.07) is 8.67. The van der Waals surface area contributed by atoms with Gasteiger partial charge in [0.15, 0.2) is 0 Å². The van der Waals surface area contributed by atoms with Crippen LogP contribution in [0.2, 0.25) is 5.02 Å². The van der Waals surface area contributed by atoms with Crippen LogP contribution in [-0.4, -0.2) is 47.1 Å². The average Bonchev–Trinajstić information content (AvgIpc) is 3.35. The highest BCUT2D eigenvalue weighted by molar-refractivity contribution is 6.30. The van der Waals surface area contributed by atoms with E-state index < -0.39 is 23.8 Å². The molecule has 6 nitrogen and oxygen atoms in total. The molecule has 1 fully saturated rings. The third-order valence-corrected chi connectivity index (χ3v) is 6.98. The Morgan fingerprint density at radius 3 is 2.74 bits per heavy atom. The number of aliphatic hydroxyl groups is 1. The minimum absolute atomic E-state index is 0.0951. The summed E-state index contributed by atoms with van der Waals surface area (Å²) in [4.78, 5) is 11.5. The number of rotatable bonds is 10. The SMILES string of the molecule is Cc1ccc(C(C)OCC(O)CNC(C)(C)Cc2ccc(Cl)c(F)c2)c2c1OC1C(C(=O)O)C21. The number of nitrogens with one attached hydrogen (secondary N) is 1. The van der Waals surface area contributed by atoms with Gasteiger partial charge in [-0.2, -0.15) is 0 Å². The Kier molecular flexibility index (Phi) is 6.93. The molecule has 5 unspecified atom stereocenters. The first-order valence-electron chi connectivity index (χ1n) is 11.5. The molecular weight excluding hydrogens is 461 g/mol. The Labute approximate surface area is 204 Å². The van der Waals surface area contributed by atoms with Crippen molar-refractivity contribution in [2.75, 3.05) is 13.2 Å². The fourth-order valence-corrected chi connectivity index (χ4v) is 4.92. The third-order valence-electron chi connectivity index (χ3n) is 6.68. The first kappa shape index (κ1) is 24.9. The number of benzene rings is 2. The lowest BCUT2D eigenvalue weighted by Gasteiger charge is -2.28. The number of halogens is 2. The largest absolute Gasteiger partial charge is 0.488 e. The minimum atomic E-state index is -0.841. The fraction of sp³-hybridized carbons (Fsp3) is 0.500. The van der Waals surface area contributed by atoms with Gasteiger partial charge in [0, 0.05) is 23.6 Å². The van der Waals surface area contributed by atoms with Crippen molar-refractivity contribution in [2.24, 2.45) is 5.92 Å². The highest BCUT2D eigenvalue weighted by Gasteiger charge is 2.64. The standard InChI is InChI=1S/C26H31ClFNO5/c1-13-5-7-17(20-21-22(25(31)32)24(21)34-23(13)20)14(2)33-12-16(30)11-29-26(3,4)10-15-6-8-18(27)19(28)9-15/h5-9,14,16,21-22,24,29-30H,10-12H2,1-4H3,(H,31,32). The van der Waals surface area contributed by atoms with Gasteiger partial charge in [0.25, 0.3) is 0 Å². The van der Waals surface area contributed by atoms with Crippen LogP contribution < -0.4 is 10.1 Å². The number of aryl methyl sites for hydroxylation is 1. The zero-order valence-corrected chi connectivity index (χ0v) is 20.5. The van der Waals surface area contributed by atoms with Crippen LogP contribution in [0.5, 0.6) is 5.75 Å². The normalized spacial score (nSPS) is 22.5. The smallest absolute Gasteiger partial charge is 0.311 e. The number of hydrogen-bond acceptors (Lipinski definition) is 5. The van der Waals surface area contributed by atoms with Crippen LogP contribution in [0, 0.1) is 18.7 Å². The van der Waals surface area contributed by atoms with Crippen molar-refractivity contribution < 1.29 is 28.9 Å². The molecule has 3 N–H and O–H groups in total. The van der Waals surface area contributed by atoms with Gasteiger partial charge in [-0.25, -0.2) is 4.39 Å². The second kappa shape index (κ2) is 9.46. The second-order valence-electron chi connectivity index (χ2n) is 10.0. The Morgan fingerprint density at radius 2 is 2.06 bits per heavy atom. The van der Waals surface area contributed by atoms with E-state index in [1.54, 1.807) is 12.1 Å². The molecule has 4 rings (SSSR count). The second-order valence-corrected chi connectivity index (χ2v) is 10.4. The summed E-state index contributed by atoms with van der Waals surface area (Å²) >= 11 is 5.76. The molecule has 34 heavy (non-hydrogen) atoms. The predicted octanol–water partition coefficient (Wildman–Crippen LogP) is 4.40. The van der Waals surface area contributed by atoms with Gasteiger partial charge >= 0.3 is 5.97 Å². The molecule has 0 radical (unpaired) electrons. The van der Waals surface area contributed by atoms with E-state index in [9.17, 15) is 19.4 Å². The quantitative estimate of drug-likeness (QED) is 0.456. The van der Waals surface area contributed by atoms with E-state index in [1.807, 2.05) is 39.8 Å². The average molecular weight is 492 g/mol. The summed E-state index contributed by atoms with van der Waals surface area (Å²) in [5.41, 5.74) is 3.24. The van der Waals surface area contributed by atoms with Gasteiger partial charge in [-0.05, 0) is 62.9 Å². The van der Waals surface area contributed by atoms with Crippen LogP contribution in [0.25, 0.3) is 0 Å². The van der Waals surface area contributed by atoms with E-state index in [0.29, 0.717) is 13.0 Å². The summed E-state index contributed by atoms with van der Waals surface area (Å²) in [6.45, 7) is 8.23.